The first-order valence-electron chi connectivity index (χ1n) is 6.87. The Bertz CT molecular complexity index is 317. The molecule has 0 radical (unpaired) electrons. The van der Waals surface area contributed by atoms with E-state index in [0.29, 0.717) is 32.1 Å². The van der Waals surface area contributed by atoms with Gasteiger partial charge in [-0.1, -0.05) is 0 Å². The fourth-order valence-corrected chi connectivity index (χ4v) is 2.17. The Balaban J connectivity index is 2.14. The van der Waals surface area contributed by atoms with Gasteiger partial charge in [-0.15, -0.1) is 0 Å². The van der Waals surface area contributed by atoms with E-state index in [2.05, 4.69) is 10.6 Å². The lowest BCUT2D eigenvalue weighted by Crippen LogP contribution is -2.47. The third kappa shape index (κ3) is 6.42. The molecule has 0 saturated carbocycles. The van der Waals surface area contributed by atoms with E-state index in [1.54, 1.807) is 4.90 Å². The van der Waals surface area contributed by atoms with Gasteiger partial charge in [-0.2, -0.15) is 0 Å². The zero-order valence-electron chi connectivity index (χ0n) is 12.2. The van der Waals surface area contributed by atoms with Gasteiger partial charge in [0.05, 0.1) is 0 Å². The lowest BCUT2D eigenvalue weighted by Gasteiger charge is -2.31. The third-order valence-electron chi connectivity index (χ3n) is 3.11. The van der Waals surface area contributed by atoms with Crippen molar-refractivity contribution in [1.82, 2.24) is 15.5 Å². The van der Waals surface area contributed by atoms with Crippen LogP contribution in [0.3, 0.4) is 0 Å². The van der Waals surface area contributed by atoms with Crippen molar-refractivity contribution in [3.05, 3.63) is 0 Å². The summed E-state index contributed by atoms with van der Waals surface area (Å²) in [5.74, 6) is 0.0644. The first-order chi connectivity index (χ1) is 8.78. The lowest BCUT2D eigenvalue weighted by atomic mass is 10.1. The highest BCUT2D eigenvalue weighted by Crippen LogP contribution is 2.09. The van der Waals surface area contributed by atoms with Gasteiger partial charge < -0.3 is 21.3 Å². The fourth-order valence-electron chi connectivity index (χ4n) is 2.17. The van der Waals surface area contributed by atoms with Crippen LogP contribution in [0.15, 0.2) is 0 Å². The number of rotatable bonds is 4. The maximum absolute atomic E-state index is 11.6. The van der Waals surface area contributed by atoms with E-state index < -0.39 is 0 Å². The number of nitrogens with zero attached hydrogens (tertiary/aromatic N) is 1. The normalized spacial score (nSPS) is 17.3. The van der Waals surface area contributed by atoms with Crippen LogP contribution in [0.4, 0.5) is 4.79 Å². The van der Waals surface area contributed by atoms with E-state index in [4.69, 9.17) is 5.73 Å². The zero-order valence-corrected chi connectivity index (χ0v) is 12.2. The van der Waals surface area contributed by atoms with Crippen molar-refractivity contribution in [3.8, 4) is 0 Å². The molecule has 1 heterocycles. The number of urea groups is 1. The molecule has 1 rings (SSSR count). The van der Waals surface area contributed by atoms with Crippen LogP contribution in [-0.2, 0) is 4.79 Å². The molecule has 0 aromatic carbocycles. The van der Waals surface area contributed by atoms with Gasteiger partial charge >= 0.3 is 6.03 Å². The predicted molar refractivity (Wildman–Crippen MR) is 74.7 cm³/mol. The van der Waals surface area contributed by atoms with Crippen LogP contribution in [-0.4, -0.2) is 48.1 Å². The molecule has 0 aliphatic carbocycles. The number of nitrogens with two attached hydrogens (primary N) is 1. The number of carbonyl (C=O) groups excluding carboxylic acids is 2. The Labute approximate surface area is 115 Å². The molecule has 6 heteroatoms. The lowest BCUT2D eigenvalue weighted by molar-refractivity contribution is -0.122. The smallest absolute Gasteiger partial charge is 0.314 e. The van der Waals surface area contributed by atoms with E-state index in [-0.39, 0.29) is 17.5 Å². The second-order valence-corrected chi connectivity index (χ2v) is 6.10. The van der Waals surface area contributed by atoms with Crippen molar-refractivity contribution in [2.24, 2.45) is 5.73 Å². The molecule has 1 aliphatic heterocycles. The quantitative estimate of drug-likeness (QED) is 0.692. The van der Waals surface area contributed by atoms with Gasteiger partial charge in [-0.3, -0.25) is 4.79 Å². The summed E-state index contributed by atoms with van der Waals surface area (Å²) in [5.41, 5.74) is 5.05. The molecular weight excluding hydrogens is 244 g/mol. The van der Waals surface area contributed by atoms with Gasteiger partial charge in [-0.25, -0.2) is 4.79 Å². The van der Waals surface area contributed by atoms with Crippen molar-refractivity contribution in [1.29, 1.82) is 0 Å². The van der Waals surface area contributed by atoms with Crippen LogP contribution < -0.4 is 16.4 Å². The number of piperidine rings is 1. The Hall–Kier alpha value is -1.30. The second kappa shape index (κ2) is 6.75. The van der Waals surface area contributed by atoms with Gasteiger partial charge in [0.25, 0.3) is 0 Å². The number of hydrogen-bond donors (Lipinski definition) is 3. The summed E-state index contributed by atoms with van der Waals surface area (Å²) in [7, 11) is 0. The summed E-state index contributed by atoms with van der Waals surface area (Å²) in [6.07, 6.45) is 2.26. The number of carbonyl (C=O) groups is 2. The minimum absolute atomic E-state index is 0.0644. The molecule has 19 heavy (non-hydrogen) atoms. The van der Waals surface area contributed by atoms with Crippen LogP contribution in [0.1, 0.15) is 40.0 Å². The maximum atomic E-state index is 11.6. The molecule has 0 spiro atoms. The Morgan fingerprint density at radius 1 is 1.26 bits per heavy atom. The molecular formula is C13H26N4O2. The van der Waals surface area contributed by atoms with E-state index in [0.717, 1.165) is 12.8 Å². The van der Waals surface area contributed by atoms with Crippen LogP contribution >= 0.6 is 0 Å². The topological polar surface area (TPSA) is 87.5 Å². The average Bonchev–Trinajstić information content (AvgIpc) is 2.27. The van der Waals surface area contributed by atoms with Gasteiger partial charge in [0.2, 0.25) is 5.91 Å². The summed E-state index contributed by atoms with van der Waals surface area (Å²) in [6.45, 7) is 7.97. The Morgan fingerprint density at radius 3 is 2.32 bits per heavy atom. The molecule has 0 unspecified atom stereocenters. The van der Waals surface area contributed by atoms with E-state index >= 15 is 0 Å². The SMILES string of the molecule is CC(C)(C)NC(=O)CCNC1CCN(C(N)=O)CC1. The number of primary amides is 1. The van der Waals surface area contributed by atoms with Crippen LogP contribution in [0.5, 0.6) is 0 Å². The highest BCUT2D eigenvalue weighted by molar-refractivity contribution is 5.76. The van der Waals surface area contributed by atoms with Gasteiger partial charge in [0.1, 0.15) is 0 Å². The Kier molecular flexibility index (Phi) is 5.60. The number of likely N-dealkylation sites (tertiary alicyclic amines) is 1. The molecule has 0 aromatic rings. The molecule has 4 N–H and O–H groups in total. The molecule has 1 saturated heterocycles. The van der Waals surface area contributed by atoms with Crippen molar-refractivity contribution in [2.75, 3.05) is 19.6 Å². The molecule has 0 aromatic heterocycles. The average molecular weight is 270 g/mol. The van der Waals surface area contributed by atoms with Crippen molar-refractivity contribution in [2.45, 2.75) is 51.6 Å². The summed E-state index contributed by atoms with van der Waals surface area (Å²) in [5, 5.41) is 6.29. The van der Waals surface area contributed by atoms with Gasteiger partial charge in [-0.05, 0) is 33.6 Å². The minimum Gasteiger partial charge on any atom is -0.351 e. The minimum atomic E-state index is -0.344. The van der Waals surface area contributed by atoms with E-state index in [1.807, 2.05) is 20.8 Å². The van der Waals surface area contributed by atoms with Crippen LogP contribution in [0.2, 0.25) is 0 Å². The zero-order chi connectivity index (χ0) is 14.5. The monoisotopic (exact) mass is 270 g/mol. The summed E-state index contributed by atoms with van der Waals surface area (Å²) < 4.78 is 0. The molecule has 0 atom stereocenters. The van der Waals surface area contributed by atoms with E-state index in [1.165, 1.54) is 0 Å². The molecule has 6 nitrogen and oxygen atoms in total. The van der Waals surface area contributed by atoms with Crippen LogP contribution in [0, 0.1) is 0 Å². The van der Waals surface area contributed by atoms with Crippen molar-refractivity contribution in [3.63, 3.8) is 0 Å². The molecule has 0 bridgehead atoms. The number of hydrogen-bond acceptors (Lipinski definition) is 3. The van der Waals surface area contributed by atoms with Gasteiger partial charge in [0.15, 0.2) is 0 Å². The molecule has 110 valence electrons. The first kappa shape index (κ1) is 15.8. The molecule has 1 fully saturated rings. The highest BCUT2D eigenvalue weighted by Gasteiger charge is 2.21. The first-order valence-corrected chi connectivity index (χ1v) is 6.87. The van der Waals surface area contributed by atoms with Gasteiger partial charge in [0, 0.05) is 37.6 Å². The summed E-state index contributed by atoms with van der Waals surface area (Å²) >= 11 is 0. The Morgan fingerprint density at radius 2 is 1.84 bits per heavy atom. The second-order valence-electron chi connectivity index (χ2n) is 6.10. The largest absolute Gasteiger partial charge is 0.351 e. The molecule has 1 aliphatic rings. The standard InChI is InChI=1S/C13H26N4O2/c1-13(2,3)16-11(18)4-7-15-10-5-8-17(9-6-10)12(14)19/h10,15H,4-9H2,1-3H3,(H2,14,19)(H,16,18). The third-order valence-corrected chi connectivity index (χ3v) is 3.11. The van der Waals surface area contributed by atoms with Crippen molar-refractivity contribution >= 4 is 11.9 Å². The molecule has 3 amide bonds. The van der Waals surface area contributed by atoms with Crippen LogP contribution in [0.25, 0.3) is 0 Å². The predicted octanol–water partition coefficient (Wildman–Crippen LogP) is 0.424. The van der Waals surface area contributed by atoms with E-state index in [9.17, 15) is 9.59 Å². The number of amides is 3. The summed E-state index contributed by atoms with van der Waals surface area (Å²) in [6, 6.07) is 0.0287. The maximum Gasteiger partial charge on any atom is 0.314 e. The summed E-state index contributed by atoms with van der Waals surface area (Å²) in [4.78, 5) is 24.3. The highest BCUT2D eigenvalue weighted by atomic mass is 16.2. The van der Waals surface area contributed by atoms with Crippen molar-refractivity contribution < 1.29 is 9.59 Å². The number of nitrogens with one attached hydrogen (secondary N) is 2. The fraction of sp³-hybridized carbons (Fsp3) is 0.846.